The number of allylic oxidation sites excluding steroid dienone is 2. The van der Waals surface area contributed by atoms with E-state index in [-0.39, 0.29) is 17.9 Å². The van der Waals surface area contributed by atoms with Gasteiger partial charge < -0.3 is 10.6 Å². The summed E-state index contributed by atoms with van der Waals surface area (Å²) in [7, 11) is 0. The SMILES string of the molecule is CC1=C[C]=C[C@@H](NC(=O)[C@H](C)NC(=O)CC2CC2)C1. The van der Waals surface area contributed by atoms with E-state index in [0.717, 1.165) is 19.3 Å². The second-order valence-electron chi connectivity index (χ2n) is 5.58. The number of nitrogens with one attached hydrogen (secondary N) is 2. The van der Waals surface area contributed by atoms with Crippen LogP contribution < -0.4 is 10.6 Å². The predicted molar refractivity (Wildman–Crippen MR) is 73.1 cm³/mol. The quantitative estimate of drug-likeness (QED) is 0.787. The lowest BCUT2D eigenvalue weighted by atomic mass is 10.0. The van der Waals surface area contributed by atoms with Gasteiger partial charge in [-0.1, -0.05) is 17.7 Å². The van der Waals surface area contributed by atoms with E-state index < -0.39 is 6.04 Å². The lowest BCUT2D eigenvalue weighted by molar-refractivity contribution is -0.129. The van der Waals surface area contributed by atoms with Gasteiger partial charge in [-0.05, 0) is 45.1 Å². The van der Waals surface area contributed by atoms with Gasteiger partial charge in [0.2, 0.25) is 11.8 Å². The summed E-state index contributed by atoms with van der Waals surface area (Å²) in [6.07, 6.45) is 10.4. The normalized spacial score (nSPS) is 23.5. The molecule has 2 aliphatic rings. The number of carbonyl (C=O) groups excluding carboxylic acids is 2. The molecular weight excluding hydrogens is 240 g/mol. The molecule has 0 spiro atoms. The minimum atomic E-state index is -0.481. The van der Waals surface area contributed by atoms with Crippen LogP contribution in [0.4, 0.5) is 0 Å². The fourth-order valence-electron chi connectivity index (χ4n) is 2.12. The number of hydrogen-bond donors (Lipinski definition) is 2. The third kappa shape index (κ3) is 4.54. The third-order valence-electron chi connectivity index (χ3n) is 3.44. The molecule has 0 aliphatic heterocycles. The van der Waals surface area contributed by atoms with Gasteiger partial charge >= 0.3 is 0 Å². The highest BCUT2D eigenvalue weighted by Crippen LogP contribution is 2.32. The summed E-state index contributed by atoms with van der Waals surface area (Å²) in [6, 6.07) is -0.494. The molecule has 2 rings (SSSR count). The van der Waals surface area contributed by atoms with E-state index in [4.69, 9.17) is 0 Å². The van der Waals surface area contributed by atoms with Crippen molar-refractivity contribution in [2.24, 2.45) is 5.92 Å². The maximum absolute atomic E-state index is 12.0. The van der Waals surface area contributed by atoms with Gasteiger partial charge in [0.1, 0.15) is 6.04 Å². The van der Waals surface area contributed by atoms with Gasteiger partial charge in [-0.25, -0.2) is 0 Å². The van der Waals surface area contributed by atoms with Crippen LogP contribution in [-0.4, -0.2) is 23.9 Å². The predicted octanol–water partition coefficient (Wildman–Crippen LogP) is 1.49. The Morgan fingerprint density at radius 3 is 2.84 bits per heavy atom. The van der Waals surface area contributed by atoms with Gasteiger partial charge in [0, 0.05) is 6.42 Å². The zero-order valence-corrected chi connectivity index (χ0v) is 11.5. The Morgan fingerprint density at radius 2 is 2.21 bits per heavy atom. The molecule has 2 atom stereocenters. The highest BCUT2D eigenvalue weighted by atomic mass is 16.2. The maximum Gasteiger partial charge on any atom is 0.242 e. The van der Waals surface area contributed by atoms with Crippen LogP contribution in [0.1, 0.15) is 39.5 Å². The van der Waals surface area contributed by atoms with E-state index in [1.807, 2.05) is 19.1 Å². The van der Waals surface area contributed by atoms with Crippen molar-refractivity contribution >= 4 is 11.8 Å². The number of carbonyl (C=O) groups is 2. The summed E-state index contributed by atoms with van der Waals surface area (Å²) in [5.74, 6) is 0.382. The summed E-state index contributed by atoms with van der Waals surface area (Å²) in [5, 5.41) is 5.66. The molecule has 1 saturated carbocycles. The van der Waals surface area contributed by atoms with Crippen LogP contribution in [0.15, 0.2) is 17.7 Å². The number of hydrogen-bond acceptors (Lipinski definition) is 2. The van der Waals surface area contributed by atoms with Crippen molar-refractivity contribution in [1.82, 2.24) is 10.6 Å². The first kappa shape index (κ1) is 13.8. The molecule has 0 unspecified atom stereocenters. The van der Waals surface area contributed by atoms with Crippen LogP contribution >= 0.6 is 0 Å². The molecule has 0 aromatic carbocycles. The van der Waals surface area contributed by atoms with E-state index in [9.17, 15) is 9.59 Å². The summed E-state index contributed by atoms with van der Waals surface area (Å²) in [5.41, 5.74) is 1.19. The molecule has 2 N–H and O–H groups in total. The summed E-state index contributed by atoms with van der Waals surface area (Å²) in [4.78, 5) is 23.6. The van der Waals surface area contributed by atoms with E-state index in [1.54, 1.807) is 6.92 Å². The molecule has 4 nitrogen and oxygen atoms in total. The Bertz CT molecular complexity index is 422. The Hall–Kier alpha value is -1.58. The first-order valence-corrected chi connectivity index (χ1v) is 6.89. The standard InChI is InChI=1S/C15H21N2O2/c1-10-4-3-5-13(8-10)17-15(19)11(2)16-14(18)9-12-6-7-12/h4-5,11-13H,6-9H2,1-2H3,(H,16,18)(H,17,19)/t11-,13+/m0/s1. The summed E-state index contributed by atoms with van der Waals surface area (Å²) >= 11 is 0. The molecule has 0 aromatic rings. The van der Waals surface area contributed by atoms with Crippen molar-refractivity contribution in [2.45, 2.75) is 51.6 Å². The van der Waals surface area contributed by atoms with Gasteiger partial charge in [0.25, 0.3) is 0 Å². The lowest BCUT2D eigenvalue weighted by Crippen LogP contribution is -2.48. The van der Waals surface area contributed by atoms with Gasteiger partial charge in [-0.2, -0.15) is 0 Å². The topological polar surface area (TPSA) is 58.2 Å². The van der Waals surface area contributed by atoms with Crippen LogP contribution in [0.5, 0.6) is 0 Å². The minimum absolute atomic E-state index is 0.0136. The van der Waals surface area contributed by atoms with Crippen LogP contribution in [-0.2, 0) is 9.59 Å². The van der Waals surface area contributed by atoms with Crippen LogP contribution in [0.3, 0.4) is 0 Å². The first-order chi connectivity index (χ1) is 9.04. The zero-order valence-electron chi connectivity index (χ0n) is 11.5. The monoisotopic (exact) mass is 261 g/mol. The molecule has 2 aliphatic carbocycles. The largest absolute Gasteiger partial charge is 0.348 e. The molecule has 2 amide bonds. The third-order valence-corrected chi connectivity index (χ3v) is 3.44. The number of rotatable bonds is 5. The molecule has 19 heavy (non-hydrogen) atoms. The minimum Gasteiger partial charge on any atom is -0.348 e. The molecule has 4 heteroatoms. The van der Waals surface area contributed by atoms with Gasteiger partial charge in [0.05, 0.1) is 6.04 Å². The van der Waals surface area contributed by atoms with Gasteiger partial charge in [-0.15, -0.1) is 0 Å². The number of amides is 2. The molecule has 0 saturated heterocycles. The average Bonchev–Trinajstić information content (AvgIpc) is 3.12. The molecular formula is C15H21N2O2. The van der Waals surface area contributed by atoms with Crippen molar-refractivity contribution in [3.05, 3.63) is 23.8 Å². The van der Waals surface area contributed by atoms with E-state index in [0.29, 0.717) is 12.3 Å². The fraction of sp³-hybridized carbons (Fsp3) is 0.600. The Labute approximate surface area is 114 Å². The molecule has 0 aromatic heterocycles. The molecule has 1 fully saturated rings. The highest BCUT2D eigenvalue weighted by Gasteiger charge is 2.26. The van der Waals surface area contributed by atoms with E-state index >= 15 is 0 Å². The maximum atomic E-state index is 12.0. The Morgan fingerprint density at radius 1 is 1.47 bits per heavy atom. The van der Waals surface area contributed by atoms with Crippen molar-refractivity contribution in [3.8, 4) is 0 Å². The smallest absolute Gasteiger partial charge is 0.242 e. The van der Waals surface area contributed by atoms with Gasteiger partial charge in [0.15, 0.2) is 0 Å². The van der Waals surface area contributed by atoms with Gasteiger partial charge in [-0.3, -0.25) is 9.59 Å². The van der Waals surface area contributed by atoms with Crippen molar-refractivity contribution in [3.63, 3.8) is 0 Å². The fourth-order valence-corrected chi connectivity index (χ4v) is 2.12. The molecule has 0 bridgehead atoms. The van der Waals surface area contributed by atoms with Crippen molar-refractivity contribution in [1.29, 1.82) is 0 Å². The van der Waals surface area contributed by atoms with Crippen molar-refractivity contribution < 1.29 is 9.59 Å². The highest BCUT2D eigenvalue weighted by molar-refractivity contribution is 5.87. The second kappa shape index (κ2) is 6.04. The van der Waals surface area contributed by atoms with Crippen LogP contribution in [0.2, 0.25) is 0 Å². The van der Waals surface area contributed by atoms with Crippen LogP contribution in [0.25, 0.3) is 0 Å². The van der Waals surface area contributed by atoms with Crippen molar-refractivity contribution in [2.75, 3.05) is 0 Å². The Kier molecular flexibility index (Phi) is 4.40. The Balaban J connectivity index is 1.74. The summed E-state index contributed by atoms with van der Waals surface area (Å²) < 4.78 is 0. The molecule has 103 valence electrons. The molecule has 0 heterocycles. The lowest BCUT2D eigenvalue weighted by Gasteiger charge is -2.21. The summed E-state index contributed by atoms with van der Waals surface area (Å²) in [6.45, 7) is 3.74. The van der Waals surface area contributed by atoms with Crippen LogP contribution in [0, 0.1) is 12.0 Å². The second-order valence-corrected chi connectivity index (χ2v) is 5.58. The zero-order chi connectivity index (χ0) is 13.8. The molecule has 1 radical (unpaired) electrons. The van der Waals surface area contributed by atoms with E-state index in [2.05, 4.69) is 16.7 Å². The van der Waals surface area contributed by atoms with E-state index in [1.165, 1.54) is 5.57 Å². The first-order valence-electron chi connectivity index (χ1n) is 6.89. The average molecular weight is 261 g/mol.